The summed E-state index contributed by atoms with van der Waals surface area (Å²) in [6.07, 6.45) is 4.15. The fourth-order valence-corrected chi connectivity index (χ4v) is 0.912. The topological polar surface area (TPSA) is 101 Å². The maximum atomic E-state index is 10.4. The van der Waals surface area contributed by atoms with Gasteiger partial charge in [0.05, 0.1) is 6.54 Å². The third-order valence-electron chi connectivity index (χ3n) is 1.47. The Morgan fingerprint density at radius 1 is 1.71 bits per heavy atom. The Hall–Kier alpha value is -1.67. The van der Waals surface area contributed by atoms with Gasteiger partial charge in [0.25, 0.3) is 0 Å². The van der Waals surface area contributed by atoms with E-state index in [4.69, 9.17) is 10.0 Å². The van der Waals surface area contributed by atoms with E-state index in [1.807, 2.05) is 0 Å². The molecule has 7 nitrogen and oxygen atoms in total. The van der Waals surface area contributed by atoms with Crippen LogP contribution in [0.15, 0.2) is 24.4 Å². The highest BCUT2D eigenvalue weighted by Gasteiger charge is 2.12. The van der Waals surface area contributed by atoms with Crippen LogP contribution in [0.25, 0.3) is 0 Å². The second kappa shape index (κ2) is 4.54. The second-order valence-electron chi connectivity index (χ2n) is 2.48. The van der Waals surface area contributed by atoms with Gasteiger partial charge in [-0.2, -0.15) is 0 Å². The summed E-state index contributed by atoms with van der Waals surface area (Å²) in [5.41, 5.74) is 0. The first-order valence-corrected chi connectivity index (χ1v) is 3.79. The van der Waals surface area contributed by atoms with E-state index in [1.165, 1.54) is 23.0 Å². The van der Waals surface area contributed by atoms with Crippen LogP contribution in [0.3, 0.4) is 0 Å². The molecule has 1 aromatic heterocycles. The zero-order valence-electron chi connectivity index (χ0n) is 7.15. The molecular formula is C6H8BN3O4. The van der Waals surface area contributed by atoms with E-state index in [0.717, 1.165) is 5.98 Å². The van der Waals surface area contributed by atoms with Crippen molar-refractivity contribution in [1.82, 2.24) is 9.55 Å². The van der Waals surface area contributed by atoms with Gasteiger partial charge in [-0.05, 0) is 4.92 Å². The fourth-order valence-electron chi connectivity index (χ4n) is 0.912. The van der Waals surface area contributed by atoms with Gasteiger partial charge in [0.15, 0.2) is 0 Å². The molecule has 0 bridgehead atoms. The Bertz CT molecular complexity index is 349. The molecule has 0 unspecified atom stereocenters. The number of allylic oxidation sites excluding steroid dienone is 1. The summed E-state index contributed by atoms with van der Waals surface area (Å²) in [6, 6.07) is 0. The molecule has 1 rings (SSSR count). The van der Waals surface area contributed by atoms with Gasteiger partial charge in [-0.3, -0.25) is 0 Å². The number of nitro groups is 1. The van der Waals surface area contributed by atoms with Crippen LogP contribution in [-0.2, 0) is 6.54 Å². The van der Waals surface area contributed by atoms with Crippen LogP contribution in [0, 0.1) is 10.1 Å². The largest absolute Gasteiger partial charge is 0.480 e. The number of hydrogen-bond donors (Lipinski definition) is 2. The lowest BCUT2D eigenvalue weighted by Gasteiger charge is -1.96. The van der Waals surface area contributed by atoms with Crippen molar-refractivity contribution in [3.63, 3.8) is 0 Å². The highest BCUT2D eigenvalue weighted by atomic mass is 16.6. The van der Waals surface area contributed by atoms with Gasteiger partial charge in [-0.15, -0.1) is 0 Å². The average molecular weight is 197 g/mol. The van der Waals surface area contributed by atoms with E-state index < -0.39 is 12.0 Å². The average Bonchev–Trinajstić information content (AvgIpc) is 2.51. The molecule has 0 aromatic carbocycles. The smallest absolute Gasteiger partial charge is 0.424 e. The highest BCUT2D eigenvalue weighted by molar-refractivity contribution is 6.47. The van der Waals surface area contributed by atoms with Crippen LogP contribution in [0.4, 0.5) is 5.95 Å². The Kier molecular flexibility index (Phi) is 3.38. The molecule has 0 saturated heterocycles. The van der Waals surface area contributed by atoms with Crippen molar-refractivity contribution in [3.8, 4) is 0 Å². The van der Waals surface area contributed by atoms with Crippen molar-refractivity contribution >= 4 is 13.1 Å². The van der Waals surface area contributed by atoms with Gasteiger partial charge in [-0.1, -0.05) is 17.0 Å². The summed E-state index contributed by atoms with van der Waals surface area (Å²) < 4.78 is 1.28. The van der Waals surface area contributed by atoms with Gasteiger partial charge in [-0.25, -0.2) is 4.57 Å². The van der Waals surface area contributed by atoms with E-state index in [1.54, 1.807) is 0 Å². The standard InChI is InChI=1S/C6H8BN3O4/c11-7(12)2-1-4-9-5-3-8-6(9)10(13)14/h1-3,5,11-12H,4H2/b2-1+. The fraction of sp³-hybridized carbons (Fsp3) is 0.167. The summed E-state index contributed by atoms with van der Waals surface area (Å²) in [4.78, 5) is 13.3. The number of aromatic nitrogens is 2. The van der Waals surface area contributed by atoms with Gasteiger partial charge in [0.1, 0.15) is 12.4 Å². The maximum absolute atomic E-state index is 10.4. The minimum Gasteiger partial charge on any atom is -0.424 e. The molecule has 2 N–H and O–H groups in total. The third kappa shape index (κ3) is 2.68. The molecule has 0 spiro atoms. The SMILES string of the molecule is O=[N+]([O-])c1nccn1C/C=C/B(O)O. The van der Waals surface area contributed by atoms with Gasteiger partial charge in [0, 0.05) is 0 Å². The van der Waals surface area contributed by atoms with Crippen molar-refractivity contribution in [2.24, 2.45) is 0 Å². The summed E-state index contributed by atoms with van der Waals surface area (Å²) in [6.45, 7) is 0.175. The predicted molar refractivity (Wildman–Crippen MR) is 48.2 cm³/mol. The summed E-state index contributed by atoms with van der Waals surface area (Å²) in [5.74, 6) is 0.839. The summed E-state index contributed by atoms with van der Waals surface area (Å²) >= 11 is 0. The lowest BCUT2D eigenvalue weighted by molar-refractivity contribution is -0.396. The van der Waals surface area contributed by atoms with Gasteiger partial charge >= 0.3 is 13.1 Å². The van der Waals surface area contributed by atoms with Gasteiger partial charge in [0.2, 0.25) is 0 Å². The molecule has 8 heteroatoms. The predicted octanol–water partition coefficient (Wildman–Crippen LogP) is -0.641. The molecule has 74 valence electrons. The summed E-state index contributed by atoms with van der Waals surface area (Å²) in [7, 11) is -1.54. The molecule has 0 aliphatic heterocycles. The molecule has 0 aliphatic rings. The van der Waals surface area contributed by atoms with Crippen molar-refractivity contribution < 1.29 is 15.0 Å². The molecule has 0 radical (unpaired) electrons. The lowest BCUT2D eigenvalue weighted by Crippen LogP contribution is -2.07. The van der Waals surface area contributed by atoms with E-state index in [2.05, 4.69) is 4.98 Å². The van der Waals surface area contributed by atoms with E-state index in [0.29, 0.717) is 0 Å². The Labute approximate surface area is 79.6 Å². The first kappa shape index (κ1) is 10.4. The molecule has 0 fully saturated rings. The van der Waals surface area contributed by atoms with Crippen molar-refractivity contribution in [2.75, 3.05) is 0 Å². The number of hydrogen-bond acceptors (Lipinski definition) is 5. The first-order valence-electron chi connectivity index (χ1n) is 3.79. The number of nitrogens with zero attached hydrogens (tertiary/aromatic N) is 3. The highest BCUT2D eigenvalue weighted by Crippen LogP contribution is 2.06. The molecule has 0 amide bonds. The zero-order valence-corrected chi connectivity index (χ0v) is 7.15. The van der Waals surface area contributed by atoms with Crippen LogP contribution >= 0.6 is 0 Å². The second-order valence-corrected chi connectivity index (χ2v) is 2.48. The van der Waals surface area contributed by atoms with E-state index in [9.17, 15) is 10.1 Å². The van der Waals surface area contributed by atoms with Crippen molar-refractivity contribution in [1.29, 1.82) is 0 Å². The Morgan fingerprint density at radius 3 is 3.00 bits per heavy atom. The molecule has 1 aromatic rings. The molecule has 0 saturated carbocycles. The number of imidazole rings is 1. The zero-order chi connectivity index (χ0) is 10.6. The normalized spacial score (nSPS) is 10.7. The quantitative estimate of drug-likeness (QED) is 0.379. The van der Waals surface area contributed by atoms with Crippen LogP contribution < -0.4 is 0 Å². The van der Waals surface area contributed by atoms with E-state index in [-0.39, 0.29) is 12.5 Å². The van der Waals surface area contributed by atoms with Crippen molar-refractivity contribution in [3.05, 3.63) is 34.6 Å². The lowest BCUT2D eigenvalue weighted by atomic mass is 9.92. The molecule has 1 heterocycles. The molecular weight excluding hydrogens is 189 g/mol. The molecule has 0 atom stereocenters. The monoisotopic (exact) mass is 197 g/mol. The Balaban J connectivity index is 2.67. The van der Waals surface area contributed by atoms with E-state index >= 15 is 0 Å². The van der Waals surface area contributed by atoms with Crippen LogP contribution in [-0.4, -0.2) is 31.6 Å². The number of rotatable bonds is 4. The van der Waals surface area contributed by atoms with Gasteiger partial charge < -0.3 is 20.2 Å². The minimum absolute atomic E-state index is 0.175. The molecule has 0 aliphatic carbocycles. The van der Waals surface area contributed by atoms with Crippen molar-refractivity contribution in [2.45, 2.75) is 6.54 Å². The first-order chi connectivity index (χ1) is 6.61. The third-order valence-corrected chi connectivity index (χ3v) is 1.47. The van der Waals surface area contributed by atoms with Crippen LogP contribution in [0.5, 0.6) is 0 Å². The minimum atomic E-state index is -1.54. The Morgan fingerprint density at radius 2 is 2.43 bits per heavy atom. The van der Waals surface area contributed by atoms with Crippen LogP contribution in [0.1, 0.15) is 0 Å². The molecule has 14 heavy (non-hydrogen) atoms. The van der Waals surface area contributed by atoms with Crippen LogP contribution in [0.2, 0.25) is 0 Å². The maximum Gasteiger partial charge on any atom is 0.480 e. The summed E-state index contributed by atoms with van der Waals surface area (Å²) in [5, 5.41) is 27.3.